The van der Waals surface area contributed by atoms with Crippen molar-refractivity contribution in [3.63, 3.8) is 0 Å². The van der Waals surface area contributed by atoms with Gasteiger partial charge in [-0.3, -0.25) is 24.3 Å². The molecule has 0 aliphatic carbocycles. The zero-order chi connectivity index (χ0) is 28.7. The first-order chi connectivity index (χ1) is 16.9. The Morgan fingerprint density at radius 2 is 1.03 bits per heavy atom. The van der Waals surface area contributed by atoms with Crippen molar-refractivity contribution in [2.45, 2.75) is 79.1 Å². The van der Waals surface area contributed by atoms with Gasteiger partial charge in [0, 0.05) is 59.5 Å². The predicted molar refractivity (Wildman–Crippen MR) is 147 cm³/mol. The third kappa shape index (κ3) is 22.1. The van der Waals surface area contributed by atoms with Crippen molar-refractivity contribution in [2.24, 2.45) is 0 Å². The number of carbonyl (C=O) groups excluding carboxylic acids is 3. The first kappa shape index (κ1) is 35.4. The van der Waals surface area contributed by atoms with Crippen LogP contribution in [0.25, 0.3) is 0 Å². The number of nitrogens with one attached hydrogen (secondary N) is 1. The largest absolute Gasteiger partial charge is 0.459 e. The Kier molecular flexibility index (Phi) is 16.4. The van der Waals surface area contributed by atoms with Crippen molar-refractivity contribution in [3.05, 3.63) is 0 Å². The molecule has 37 heavy (non-hydrogen) atoms. The quantitative estimate of drug-likeness (QED) is 0.404. The van der Waals surface area contributed by atoms with Crippen LogP contribution in [0.4, 0.5) is 0 Å². The van der Waals surface area contributed by atoms with E-state index in [4.69, 9.17) is 14.2 Å². The van der Waals surface area contributed by atoms with Crippen LogP contribution in [0, 0.1) is 0 Å². The zero-order valence-corrected chi connectivity index (χ0v) is 25.1. The SMILES string of the molecule is CC(C)(C)OC(=O)CN1CCNCCN(CC=O)CCN(CC(=O)OC(C)(C)C)CC1.COC(C)(C)C. The van der Waals surface area contributed by atoms with Crippen LogP contribution in [0.2, 0.25) is 0 Å². The summed E-state index contributed by atoms with van der Waals surface area (Å²) >= 11 is 0. The molecule has 10 heteroatoms. The van der Waals surface area contributed by atoms with Crippen molar-refractivity contribution in [3.8, 4) is 0 Å². The fraction of sp³-hybridized carbons (Fsp3) is 0.889. The van der Waals surface area contributed by atoms with Gasteiger partial charge >= 0.3 is 11.9 Å². The summed E-state index contributed by atoms with van der Waals surface area (Å²) in [4.78, 5) is 41.9. The van der Waals surface area contributed by atoms with Crippen LogP contribution in [-0.2, 0) is 28.6 Å². The molecule has 1 rings (SSSR count). The van der Waals surface area contributed by atoms with Crippen LogP contribution >= 0.6 is 0 Å². The highest BCUT2D eigenvalue weighted by molar-refractivity contribution is 5.72. The van der Waals surface area contributed by atoms with Gasteiger partial charge in [0.15, 0.2) is 0 Å². The van der Waals surface area contributed by atoms with E-state index in [0.717, 1.165) is 25.9 Å². The molecule has 1 aliphatic heterocycles. The van der Waals surface area contributed by atoms with Crippen molar-refractivity contribution in [1.29, 1.82) is 0 Å². The number of hydrogen-bond acceptors (Lipinski definition) is 10. The molecule has 0 saturated carbocycles. The fourth-order valence-corrected chi connectivity index (χ4v) is 3.22. The lowest BCUT2D eigenvalue weighted by molar-refractivity contribution is -0.158. The van der Waals surface area contributed by atoms with Crippen LogP contribution < -0.4 is 5.32 Å². The van der Waals surface area contributed by atoms with Gasteiger partial charge in [0.25, 0.3) is 0 Å². The number of nitrogens with zero attached hydrogens (tertiary/aromatic N) is 3. The molecule has 0 aromatic heterocycles. The lowest BCUT2D eigenvalue weighted by atomic mass is 10.2. The van der Waals surface area contributed by atoms with Crippen molar-refractivity contribution < 1.29 is 28.6 Å². The van der Waals surface area contributed by atoms with E-state index < -0.39 is 11.2 Å². The minimum absolute atomic E-state index is 0.0417. The van der Waals surface area contributed by atoms with E-state index in [-0.39, 0.29) is 30.6 Å². The Hall–Kier alpha value is -1.59. The summed E-state index contributed by atoms with van der Waals surface area (Å²) in [6.07, 6.45) is 0.909. The first-order valence-corrected chi connectivity index (χ1v) is 13.2. The molecular formula is C27H54N4O6. The lowest BCUT2D eigenvalue weighted by Gasteiger charge is -2.31. The Morgan fingerprint density at radius 3 is 1.38 bits per heavy atom. The minimum Gasteiger partial charge on any atom is -0.459 e. The maximum atomic E-state index is 12.4. The van der Waals surface area contributed by atoms with E-state index in [9.17, 15) is 14.4 Å². The Balaban J connectivity index is 0.00000192. The molecule has 1 heterocycles. The van der Waals surface area contributed by atoms with Crippen molar-refractivity contribution >= 4 is 18.2 Å². The van der Waals surface area contributed by atoms with Gasteiger partial charge in [0.05, 0.1) is 25.2 Å². The standard InChI is InChI=1S/C22H42N4O5.C5H12O/c1-21(2,3)30-19(28)17-25-10-8-23-7-9-24(15-16-27)11-12-26(14-13-25)18-20(29)31-22(4,5)6;1-5(2,3)6-4/h16,23H,7-15,17-18H2,1-6H3;1-4H3. The molecule has 218 valence electrons. The number of aldehydes is 1. The Bertz CT molecular complexity index is 667. The van der Waals surface area contributed by atoms with Gasteiger partial charge in [0.1, 0.15) is 17.5 Å². The topological polar surface area (TPSA) is 101 Å². The van der Waals surface area contributed by atoms with E-state index in [0.29, 0.717) is 39.3 Å². The summed E-state index contributed by atoms with van der Waals surface area (Å²) in [5, 5.41) is 3.37. The highest BCUT2D eigenvalue weighted by Crippen LogP contribution is 2.09. The van der Waals surface area contributed by atoms with Gasteiger partial charge in [-0.1, -0.05) is 0 Å². The summed E-state index contributed by atoms with van der Waals surface area (Å²) in [5.41, 5.74) is -1.02. The third-order valence-corrected chi connectivity index (χ3v) is 5.17. The Morgan fingerprint density at radius 1 is 0.676 bits per heavy atom. The highest BCUT2D eigenvalue weighted by Gasteiger charge is 2.22. The molecule has 0 bridgehead atoms. The van der Waals surface area contributed by atoms with Gasteiger partial charge in [-0.2, -0.15) is 0 Å². The van der Waals surface area contributed by atoms with Crippen LogP contribution in [0.1, 0.15) is 62.3 Å². The average Bonchev–Trinajstić information content (AvgIpc) is 2.70. The molecule has 1 aliphatic rings. The maximum Gasteiger partial charge on any atom is 0.320 e. The second kappa shape index (κ2) is 17.1. The van der Waals surface area contributed by atoms with Gasteiger partial charge in [-0.25, -0.2) is 0 Å². The molecular weight excluding hydrogens is 476 g/mol. The second-order valence-corrected chi connectivity index (χ2v) is 12.3. The number of methoxy groups -OCH3 is 1. The molecule has 0 aromatic rings. The summed E-state index contributed by atoms with van der Waals surface area (Å²) < 4.78 is 15.9. The van der Waals surface area contributed by atoms with Crippen LogP contribution in [0.15, 0.2) is 0 Å². The number of rotatable bonds is 6. The summed E-state index contributed by atoms with van der Waals surface area (Å²) in [6, 6.07) is 0. The highest BCUT2D eigenvalue weighted by atomic mass is 16.6. The van der Waals surface area contributed by atoms with E-state index in [1.165, 1.54) is 0 Å². The molecule has 0 radical (unpaired) electrons. The molecule has 0 unspecified atom stereocenters. The molecule has 0 amide bonds. The zero-order valence-electron chi connectivity index (χ0n) is 25.1. The van der Waals surface area contributed by atoms with Crippen LogP contribution in [-0.4, -0.2) is 129 Å². The summed E-state index contributed by atoms with van der Waals surface area (Å²) in [7, 11) is 1.71. The van der Waals surface area contributed by atoms with Crippen molar-refractivity contribution in [2.75, 3.05) is 79.1 Å². The molecule has 0 atom stereocenters. The van der Waals surface area contributed by atoms with Gasteiger partial charge in [0.2, 0.25) is 0 Å². The molecule has 0 aromatic carbocycles. The van der Waals surface area contributed by atoms with E-state index in [1.807, 2.05) is 72.1 Å². The molecule has 1 fully saturated rings. The van der Waals surface area contributed by atoms with E-state index in [1.54, 1.807) is 7.11 Å². The molecule has 0 spiro atoms. The van der Waals surface area contributed by atoms with Crippen molar-refractivity contribution in [1.82, 2.24) is 20.0 Å². The summed E-state index contributed by atoms with van der Waals surface area (Å²) in [6.45, 7) is 23.4. The minimum atomic E-state index is -0.540. The molecule has 1 saturated heterocycles. The normalized spacial score (nSPS) is 18.0. The van der Waals surface area contributed by atoms with Crippen LogP contribution in [0.3, 0.4) is 0 Å². The predicted octanol–water partition coefficient (Wildman–Crippen LogP) is 1.81. The van der Waals surface area contributed by atoms with Gasteiger partial charge in [-0.05, 0) is 62.3 Å². The Labute approximate surface area is 225 Å². The summed E-state index contributed by atoms with van der Waals surface area (Å²) in [5.74, 6) is -0.530. The van der Waals surface area contributed by atoms with Gasteiger partial charge < -0.3 is 24.3 Å². The number of ether oxygens (including phenoxy) is 3. The number of carbonyl (C=O) groups is 3. The van der Waals surface area contributed by atoms with E-state index >= 15 is 0 Å². The molecule has 1 N–H and O–H groups in total. The van der Waals surface area contributed by atoms with Gasteiger partial charge in [-0.15, -0.1) is 0 Å². The lowest BCUT2D eigenvalue weighted by Crippen LogP contribution is -2.48. The third-order valence-electron chi connectivity index (χ3n) is 5.17. The van der Waals surface area contributed by atoms with E-state index in [2.05, 4.69) is 10.2 Å². The number of hydrogen-bond donors (Lipinski definition) is 1. The molecule has 10 nitrogen and oxygen atoms in total. The first-order valence-electron chi connectivity index (χ1n) is 13.2. The monoisotopic (exact) mass is 530 g/mol. The fourth-order valence-electron chi connectivity index (χ4n) is 3.22. The average molecular weight is 531 g/mol. The number of esters is 2. The van der Waals surface area contributed by atoms with Crippen LogP contribution in [0.5, 0.6) is 0 Å². The smallest absolute Gasteiger partial charge is 0.320 e. The second-order valence-electron chi connectivity index (χ2n) is 12.3. The maximum absolute atomic E-state index is 12.4.